The molecule has 0 bridgehead atoms. The van der Waals surface area contributed by atoms with Gasteiger partial charge in [-0.3, -0.25) is 4.79 Å². The topological polar surface area (TPSA) is 79.5 Å². The number of carbonyl (C=O) groups excluding carboxylic acids is 1. The van der Waals surface area contributed by atoms with Crippen LogP contribution in [-0.2, 0) is 17.6 Å². The minimum atomic E-state index is -0.975. The predicted octanol–water partition coefficient (Wildman–Crippen LogP) is 2.86. The highest BCUT2D eigenvalue weighted by atomic mass is 19.1. The van der Waals surface area contributed by atoms with Crippen LogP contribution in [-0.4, -0.2) is 44.7 Å². The molecule has 1 saturated heterocycles. The number of rotatable bonds is 6. The summed E-state index contributed by atoms with van der Waals surface area (Å²) in [5, 5.41) is 14.7. The van der Waals surface area contributed by atoms with Gasteiger partial charge in [0.2, 0.25) is 11.8 Å². The number of amides is 1. The molecule has 1 aromatic heterocycles. The molecule has 1 fully saturated rings. The highest BCUT2D eigenvalue weighted by molar-refractivity contribution is 5.76. The minimum Gasteiger partial charge on any atom is -0.389 e. The number of carbonyl (C=O) groups is 1. The molecule has 0 unspecified atom stereocenters. The highest BCUT2D eigenvalue weighted by Gasteiger charge is 2.34. The quantitative estimate of drug-likeness (QED) is 0.840. The molecule has 0 saturated carbocycles. The first-order valence-corrected chi connectivity index (χ1v) is 9.42. The van der Waals surface area contributed by atoms with Gasteiger partial charge < -0.3 is 14.5 Å². The molecule has 27 heavy (non-hydrogen) atoms. The van der Waals surface area contributed by atoms with Crippen LogP contribution >= 0.6 is 0 Å². The Hall–Kier alpha value is -2.28. The Morgan fingerprint density at radius 3 is 2.67 bits per heavy atom. The summed E-state index contributed by atoms with van der Waals surface area (Å²) in [7, 11) is 0. The molecular formula is C20H26FN3O3. The summed E-state index contributed by atoms with van der Waals surface area (Å²) in [6, 6.07) is 6.50. The van der Waals surface area contributed by atoms with Gasteiger partial charge in [-0.25, -0.2) is 4.39 Å². The van der Waals surface area contributed by atoms with Gasteiger partial charge in [0, 0.05) is 38.3 Å². The van der Waals surface area contributed by atoms with Gasteiger partial charge in [-0.15, -0.1) is 0 Å². The van der Waals surface area contributed by atoms with E-state index in [1.807, 2.05) is 13.8 Å². The smallest absolute Gasteiger partial charge is 0.227 e. The van der Waals surface area contributed by atoms with Crippen LogP contribution in [0.3, 0.4) is 0 Å². The first-order chi connectivity index (χ1) is 12.9. The third kappa shape index (κ3) is 4.91. The third-order valence-corrected chi connectivity index (χ3v) is 5.08. The summed E-state index contributed by atoms with van der Waals surface area (Å²) >= 11 is 0. The Labute approximate surface area is 158 Å². The van der Waals surface area contributed by atoms with Crippen molar-refractivity contribution in [3.63, 3.8) is 0 Å². The van der Waals surface area contributed by atoms with Crippen molar-refractivity contribution < 1.29 is 18.8 Å². The lowest BCUT2D eigenvalue weighted by Gasteiger charge is -2.38. The van der Waals surface area contributed by atoms with Crippen LogP contribution in [0.4, 0.5) is 4.39 Å². The lowest BCUT2D eigenvalue weighted by atomic mass is 9.85. The molecule has 7 heteroatoms. The van der Waals surface area contributed by atoms with Gasteiger partial charge in [-0.2, -0.15) is 4.98 Å². The number of aromatic nitrogens is 2. The number of hydrogen-bond acceptors (Lipinski definition) is 5. The van der Waals surface area contributed by atoms with E-state index in [1.54, 1.807) is 23.1 Å². The average Bonchev–Trinajstić information content (AvgIpc) is 3.12. The molecule has 2 heterocycles. The van der Waals surface area contributed by atoms with E-state index in [1.165, 1.54) is 6.07 Å². The van der Waals surface area contributed by atoms with E-state index in [9.17, 15) is 14.3 Å². The number of hydrogen-bond donors (Lipinski definition) is 1. The molecular weight excluding hydrogens is 349 g/mol. The van der Waals surface area contributed by atoms with Crippen LogP contribution in [0.1, 0.15) is 56.3 Å². The van der Waals surface area contributed by atoms with Crippen LogP contribution in [0.2, 0.25) is 0 Å². The molecule has 6 nitrogen and oxygen atoms in total. The van der Waals surface area contributed by atoms with Gasteiger partial charge in [0.15, 0.2) is 5.82 Å². The fourth-order valence-electron chi connectivity index (χ4n) is 3.32. The zero-order valence-corrected chi connectivity index (χ0v) is 15.8. The van der Waals surface area contributed by atoms with Crippen LogP contribution < -0.4 is 0 Å². The SMILES string of the molecule is CC(C)c1noc(CCC(=O)N2CCC(O)(Cc3ccccc3F)CC2)n1. The second kappa shape index (κ2) is 8.17. The van der Waals surface area contributed by atoms with Gasteiger partial charge in [0.05, 0.1) is 5.60 Å². The van der Waals surface area contributed by atoms with Crippen LogP contribution in [0.25, 0.3) is 0 Å². The molecule has 3 rings (SSSR count). The maximum absolute atomic E-state index is 13.8. The second-order valence-corrected chi connectivity index (χ2v) is 7.57. The monoisotopic (exact) mass is 375 g/mol. The summed E-state index contributed by atoms with van der Waals surface area (Å²) in [5.74, 6) is 1.01. The Morgan fingerprint density at radius 1 is 1.33 bits per heavy atom. The van der Waals surface area contributed by atoms with Gasteiger partial charge in [0.1, 0.15) is 5.82 Å². The normalized spacial score (nSPS) is 16.7. The van der Waals surface area contributed by atoms with Crippen molar-refractivity contribution in [3.8, 4) is 0 Å². The summed E-state index contributed by atoms with van der Waals surface area (Å²) < 4.78 is 19.0. The molecule has 0 radical (unpaired) electrons. The third-order valence-electron chi connectivity index (χ3n) is 5.08. The molecule has 0 spiro atoms. The minimum absolute atomic E-state index is 0.00670. The van der Waals surface area contributed by atoms with Crippen molar-refractivity contribution in [2.45, 2.75) is 57.5 Å². The van der Waals surface area contributed by atoms with E-state index in [4.69, 9.17) is 4.52 Å². The lowest BCUT2D eigenvalue weighted by Crippen LogP contribution is -2.47. The molecule has 146 valence electrons. The molecule has 1 aliphatic heterocycles. The maximum Gasteiger partial charge on any atom is 0.227 e. The molecule has 1 aromatic carbocycles. The number of aryl methyl sites for hydroxylation is 1. The number of nitrogens with zero attached hydrogens (tertiary/aromatic N) is 3. The highest BCUT2D eigenvalue weighted by Crippen LogP contribution is 2.27. The van der Waals surface area contributed by atoms with Crippen LogP contribution in [0.5, 0.6) is 0 Å². The molecule has 1 amide bonds. The molecule has 1 N–H and O–H groups in total. The Kier molecular flexibility index (Phi) is 5.89. The fraction of sp³-hybridized carbons (Fsp3) is 0.550. The van der Waals surface area contributed by atoms with Crippen molar-refractivity contribution in [3.05, 3.63) is 47.4 Å². The number of aliphatic hydroxyl groups is 1. The lowest BCUT2D eigenvalue weighted by molar-refractivity contribution is -0.135. The maximum atomic E-state index is 13.8. The zero-order valence-electron chi connectivity index (χ0n) is 15.8. The first kappa shape index (κ1) is 19.5. The largest absolute Gasteiger partial charge is 0.389 e. The van der Waals surface area contributed by atoms with Crippen molar-refractivity contribution >= 4 is 5.91 Å². The van der Waals surface area contributed by atoms with Gasteiger partial charge in [0.25, 0.3) is 0 Å². The standard InChI is InChI=1S/C20H26FN3O3/c1-14(2)19-22-17(27-23-19)7-8-18(25)24-11-9-20(26,10-12-24)13-15-5-3-4-6-16(15)21/h3-6,14,26H,7-13H2,1-2H3. The van der Waals surface area contributed by atoms with E-state index in [0.29, 0.717) is 56.1 Å². The summed E-state index contributed by atoms with van der Waals surface area (Å²) in [6.45, 7) is 4.89. The number of benzene rings is 1. The summed E-state index contributed by atoms with van der Waals surface area (Å²) in [6.07, 6.45) is 1.85. The molecule has 2 aromatic rings. The van der Waals surface area contributed by atoms with Crippen molar-refractivity contribution in [1.82, 2.24) is 15.0 Å². The van der Waals surface area contributed by atoms with E-state index in [0.717, 1.165) is 0 Å². The van der Waals surface area contributed by atoms with Crippen molar-refractivity contribution in [2.24, 2.45) is 0 Å². The average molecular weight is 375 g/mol. The molecule has 0 atom stereocenters. The van der Waals surface area contributed by atoms with E-state index in [-0.39, 0.29) is 24.1 Å². The van der Waals surface area contributed by atoms with E-state index >= 15 is 0 Å². The zero-order chi connectivity index (χ0) is 19.4. The van der Waals surface area contributed by atoms with E-state index in [2.05, 4.69) is 10.1 Å². The number of piperidine rings is 1. The Balaban J connectivity index is 1.49. The number of likely N-dealkylation sites (tertiary alicyclic amines) is 1. The second-order valence-electron chi connectivity index (χ2n) is 7.57. The van der Waals surface area contributed by atoms with E-state index < -0.39 is 5.60 Å². The Morgan fingerprint density at radius 2 is 2.04 bits per heavy atom. The van der Waals surface area contributed by atoms with Gasteiger partial charge in [-0.1, -0.05) is 37.2 Å². The van der Waals surface area contributed by atoms with Crippen molar-refractivity contribution in [2.75, 3.05) is 13.1 Å². The van der Waals surface area contributed by atoms with Crippen LogP contribution in [0.15, 0.2) is 28.8 Å². The summed E-state index contributed by atoms with van der Waals surface area (Å²) in [5.41, 5.74) is -0.463. The van der Waals surface area contributed by atoms with Crippen LogP contribution in [0, 0.1) is 5.82 Å². The summed E-state index contributed by atoms with van der Waals surface area (Å²) in [4.78, 5) is 18.5. The molecule has 0 aliphatic carbocycles. The first-order valence-electron chi connectivity index (χ1n) is 9.42. The molecule has 1 aliphatic rings. The predicted molar refractivity (Wildman–Crippen MR) is 97.6 cm³/mol. The van der Waals surface area contributed by atoms with Gasteiger partial charge in [-0.05, 0) is 24.5 Å². The fourth-order valence-corrected chi connectivity index (χ4v) is 3.32. The number of halogens is 1. The van der Waals surface area contributed by atoms with Crippen molar-refractivity contribution in [1.29, 1.82) is 0 Å². The Bertz CT molecular complexity index is 782. The van der Waals surface area contributed by atoms with Gasteiger partial charge >= 0.3 is 0 Å².